The molecule has 0 atom stereocenters. The summed E-state index contributed by atoms with van der Waals surface area (Å²) in [6.07, 6.45) is 2.69. The third-order valence-electron chi connectivity index (χ3n) is 4.48. The Kier molecular flexibility index (Phi) is 5.23. The summed E-state index contributed by atoms with van der Waals surface area (Å²) in [5, 5.41) is 3.29. The van der Waals surface area contributed by atoms with Gasteiger partial charge in [0.15, 0.2) is 0 Å². The summed E-state index contributed by atoms with van der Waals surface area (Å²) in [5.74, 6) is -0.321. The summed E-state index contributed by atoms with van der Waals surface area (Å²) >= 11 is 0. The van der Waals surface area contributed by atoms with Crippen LogP contribution >= 0.6 is 0 Å². The first-order valence-corrected chi connectivity index (χ1v) is 8.19. The largest absolute Gasteiger partial charge is 0.380 e. The van der Waals surface area contributed by atoms with E-state index in [4.69, 9.17) is 0 Å². The van der Waals surface area contributed by atoms with E-state index < -0.39 is 0 Å². The first-order chi connectivity index (χ1) is 11.2. The van der Waals surface area contributed by atoms with Gasteiger partial charge in [-0.25, -0.2) is 8.78 Å². The van der Waals surface area contributed by atoms with E-state index in [1.165, 1.54) is 12.1 Å². The molecule has 23 heavy (non-hydrogen) atoms. The Hall–Kier alpha value is -1.94. The van der Waals surface area contributed by atoms with Crippen LogP contribution in [0.5, 0.6) is 0 Å². The minimum absolute atomic E-state index is 0.122. The molecule has 1 aliphatic rings. The Morgan fingerprint density at radius 3 is 2.26 bits per heavy atom. The monoisotopic (exact) mass is 316 g/mol. The third kappa shape index (κ3) is 4.29. The van der Waals surface area contributed by atoms with Crippen molar-refractivity contribution >= 4 is 5.69 Å². The van der Waals surface area contributed by atoms with Crippen molar-refractivity contribution in [1.29, 1.82) is 0 Å². The average Bonchev–Trinajstić information content (AvgIpc) is 2.57. The number of hydrogen-bond donors (Lipinski definition) is 1. The molecule has 2 aromatic carbocycles. The van der Waals surface area contributed by atoms with Crippen molar-refractivity contribution in [3.05, 3.63) is 65.7 Å². The van der Waals surface area contributed by atoms with Gasteiger partial charge in [-0.3, -0.25) is 0 Å². The minimum atomic E-state index is -0.200. The molecular formula is C19H22F2N2. The molecule has 1 aliphatic heterocycles. The summed E-state index contributed by atoms with van der Waals surface area (Å²) in [7, 11) is 0. The van der Waals surface area contributed by atoms with Gasteiger partial charge in [0.2, 0.25) is 0 Å². The van der Waals surface area contributed by atoms with Crippen LogP contribution in [0.3, 0.4) is 0 Å². The van der Waals surface area contributed by atoms with E-state index in [2.05, 4.69) is 10.2 Å². The zero-order chi connectivity index (χ0) is 16.1. The van der Waals surface area contributed by atoms with E-state index in [9.17, 15) is 8.78 Å². The molecule has 0 bridgehead atoms. The molecule has 2 nitrogen and oxygen atoms in total. The highest BCUT2D eigenvalue weighted by atomic mass is 19.1. The highest BCUT2D eigenvalue weighted by Crippen LogP contribution is 2.19. The van der Waals surface area contributed by atoms with Gasteiger partial charge in [-0.15, -0.1) is 0 Å². The van der Waals surface area contributed by atoms with Crippen LogP contribution in [0.4, 0.5) is 14.5 Å². The molecule has 0 unspecified atom stereocenters. The first-order valence-electron chi connectivity index (χ1n) is 8.19. The summed E-state index contributed by atoms with van der Waals surface area (Å²) < 4.78 is 27.3. The van der Waals surface area contributed by atoms with Crippen LogP contribution in [0.2, 0.25) is 0 Å². The lowest BCUT2D eigenvalue weighted by molar-refractivity contribution is 0.220. The molecule has 0 amide bonds. The van der Waals surface area contributed by atoms with Crippen LogP contribution in [0.1, 0.15) is 18.4 Å². The zero-order valence-electron chi connectivity index (χ0n) is 13.1. The molecule has 1 N–H and O–H groups in total. The van der Waals surface area contributed by atoms with Gasteiger partial charge in [-0.2, -0.15) is 0 Å². The number of nitrogens with zero attached hydrogens (tertiary/aromatic N) is 1. The Labute approximate surface area is 136 Å². The van der Waals surface area contributed by atoms with Gasteiger partial charge in [0, 0.05) is 25.7 Å². The molecule has 0 aliphatic carbocycles. The molecule has 1 heterocycles. The molecule has 3 rings (SSSR count). The summed E-state index contributed by atoms with van der Waals surface area (Å²) in [4.78, 5) is 2.35. The normalized spacial score (nSPS) is 16.4. The maximum absolute atomic E-state index is 13.7. The van der Waals surface area contributed by atoms with E-state index in [1.54, 1.807) is 18.2 Å². The van der Waals surface area contributed by atoms with Crippen molar-refractivity contribution in [2.24, 2.45) is 0 Å². The maximum atomic E-state index is 13.7. The van der Waals surface area contributed by atoms with Crippen molar-refractivity contribution < 1.29 is 8.78 Å². The fraction of sp³-hybridized carbons (Fsp3) is 0.368. The smallest absolute Gasteiger partial charge is 0.146 e. The number of rotatable bonds is 5. The van der Waals surface area contributed by atoms with Gasteiger partial charge in [-0.1, -0.05) is 30.3 Å². The maximum Gasteiger partial charge on any atom is 0.146 e. The van der Waals surface area contributed by atoms with Gasteiger partial charge < -0.3 is 10.2 Å². The van der Waals surface area contributed by atoms with Gasteiger partial charge >= 0.3 is 0 Å². The lowest BCUT2D eigenvalue weighted by Gasteiger charge is -2.33. The van der Waals surface area contributed by atoms with Crippen LogP contribution in [0.15, 0.2) is 48.5 Å². The van der Waals surface area contributed by atoms with Gasteiger partial charge in [0.25, 0.3) is 0 Å². The van der Waals surface area contributed by atoms with E-state index in [1.807, 2.05) is 18.2 Å². The third-order valence-corrected chi connectivity index (χ3v) is 4.48. The van der Waals surface area contributed by atoms with Gasteiger partial charge in [0.05, 0.1) is 5.69 Å². The molecule has 0 saturated carbocycles. The Balaban J connectivity index is 1.45. The number of benzene rings is 2. The second-order valence-corrected chi connectivity index (χ2v) is 6.08. The zero-order valence-corrected chi connectivity index (χ0v) is 13.1. The molecule has 4 heteroatoms. The highest BCUT2D eigenvalue weighted by Gasteiger charge is 2.19. The minimum Gasteiger partial charge on any atom is -0.380 e. The lowest BCUT2D eigenvalue weighted by atomic mass is 10.0. The standard InChI is InChI=1S/C19H22F2N2/c20-17-6-2-1-5-15(17)9-12-23-13-10-16(11-14-23)22-19-8-4-3-7-18(19)21/h1-8,16,22H,9-14H2. The van der Waals surface area contributed by atoms with Gasteiger partial charge in [0.1, 0.15) is 11.6 Å². The van der Waals surface area contributed by atoms with Crippen LogP contribution in [-0.4, -0.2) is 30.6 Å². The molecule has 0 radical (unpaired) electrons. The van der Waals surface area contributed by atoms with Gasteiger partial charge in [-0.05, 0) is 43.0 Å². The second kappa shape index (κ2) is 7.55. The van der Waals surface area contributed by atoms with Crippen molar-refractivity contribution in [1.82, 2.24) is 4.90 Å². The predicted molar refractivity (Wildman–Crippen MR) is 89.6 cm³/mol. The van der Waals surface area contributed by atoms with Crippen LogP contribution in [-0.2, 0) is 6.42 Å². The highest BCUT2D eigenvalue weighted by molar-refractivity contribution is 5.45. The lowest BCUT2D eigenvalue weighted by Crippen LogP contribution is -2.40. The van der Waals surface area contributed by atoms with Crippen molar-refractivity contribution in [2.45, 2.75) is 25.3 Å². The Morgan fingerprint density at radius 2 is 1.57 bits per heavy atom. The number of piperidine rings is 1. The van der Waals surface area contributed by atoms with Crippen molar-refractivity contribution in [2.75, 3.05) is 25.0 Å². The van der Waals surface area contributed by atoms with E-state index >= 15 is 0 Å². The fourth-order valence-electron chi connectivity index (χ4n) is 3.08. The summed E-state index contributed by atoms with van der Waals surface area (Å²) in [5.41, 5.74) is 1.36. The number of para-hydroxylation sites is 1. The SMILES string of the molecule is Fc1ccccc1CCN1CCC(Nc2ccccc2F)CC1. The van der Waals surface area contributed by atoms with Crippen LogP contribution < -0.4 is 5.32 Å². The quantitative estimate of drug-likeness (QED) is 0.894. The number of halogens is 2. The Bertz CT molecular complexity index is 637. The first kappa shape index (κ1) is 15.9. The molecule has 0 spiro atoms. The molecule has 1 fully saturated rings. The number of likely N-dealkylation sites (tertiary alicyclic amines) is 1. The van der Waals surface area contributed by atoms with E-state index in [-0.39, 0.29) is 11.6 Å². The molecule has 0 aromatic heterocycles. The topological polar surface area (TPSA) is 15.3 Å². The summed E-state index contributed by atoms with van der Waals surface area (Å²) in [6, 6.07) is 14.1. The van der Waals surface area contributed by atoms with E-state index in [0.717, 1.165) is 44.5 Å². The fourth-order valence-corrected chi connectivity index (χ4v) is 3.08. The Morgan fingerprint density at radius 1 is 0.913 bits per heavy atom. The average molecular weight is 316 g/mol. The second-order valence-electron chi connectivity index (χ2n) is 6.08. The molecule has 122 valence electrons. The van der Waals surface area contributed by atoms with Crippen LogP contribution in [0.25, 0.3) is 0 Å². The van der Waals surface area contributed by atoms with Crippen molar-refractivity contribution in [3.8, 4) is 0 Å². The number of hydrogen-bond acceptors (Lipinski definition) is 2. The van der Waals surface area contributed by atoms with Crippen LogP contribution in [0, 0.1) is 11.6 Å². The van der Waals surface area contributed by atoms with Crippen molar-refractivity contribution in [3.63, 3.8) is 0 Å². The number of anilines is 1. The predicted octanol–water partition coefficient (Wildman–Crippen LogP) is 4.08. The summed E-state index contributed by atoms with van der Waals surface area (Å²) in [6.45, 7) is 2.79. The molecular weight excluding hydrogens is 294 g/mol. The molecule has 1 saturated heterocycles. The molecule has 2 aromatic rings. The number of nitrogens with one attached hydrogen (secondary N) is 1. The van der Waals surface area contributed by atoms with E-state index in [0.29, 0.717) is 11.7 Å².